The van der Waals surface area contributed by atoms with Crippen molar-refractivity contribution in [3.63, 3.8) is 0 Å². The Morgan fingerprint density at radius 2 is 2.09 bits per heavy atom. The molecule has 0 spiro atoms. The van der Waals surface area contributed by atoms with E-state index in [1.807, 2.05) is 4.90 Å². The molecule has 2 aliphatic heterocycles. The minimum absolute atomic E-state index is 0. The first-order chi connectivity index (χ1) is 10.7. The molecule has 1 N–H and O–H groups in total. The van der Waals surface area contributed by atoms with Crippen LogP contribution in [-0.2, 0) is 9.53 Å². The number of likely N-dealkylation sites (tertiary alicyclic amines) is 1. The summed E-state index contributed by atoms with van der Waals surface area (Å²) in [6.45, 7) is 2.90. The van der Waals surface area contributed by atoms with Crippen molar-refractivity contribution in [1.29, 1.82) is 0 Å². The molecule has 2 saturated heterocycles. The van der Waals surface area contributed by atoms with Crippen LogP contribution in [-0.4, -0.2) is 43.2 Å². The van der Waals surface area contributed by atoms with Crippen LogP contribution in [0.1, 0.15) is 37.3 Å². The summed E-state index contributed by atoms with van der Waals surface area (Å²) in [5.74, 6) is -0.0713. The number of morpholine rings is 1. The van der Waals surface area contributed by atoms with E-state index < -0.39 is 0 Å². The summed E-state index contributed by atoms with van der Waals surface area (Å²) < 4.78 is 18.5. The average Bonchev–Trinajstić information content (AvgIpc) is 2.56. The summed E-state index contributed by atoms with van der Waals surface area (Å²) in [5, 5.41) is 3.33. The van der Waals surface area contributed by atoms with E-state index >= 15 is 0 Å². The standard InChI is InChI=1S/C17H23FN2O2.ClH/c18-14-6-4-13(5-7-14)16-3-1-2-9-20(16)17(21)11-15-12-22-10-8-19-15;/h4-7,15-16,19H,1-3,8-12H2;1H. The molecule has 3 rings (SSSR count). The molecule has 0 radical (unpaired) electrons. The summed E-state index contributed by atoms with van der Waals surface area (Å²) in [5.41, 5.74) is 1.03. The van der Waals surface area contributed by atoms with E-state index in [2.05, 4.69) is 5.32 Å². The number of nitrogens with zero attached hydrogens (tertiary/aromatic N) is 1. The molecule has 0 saturated carbocycles. The summed E-state index contributed by atoms with van der Waals surface area (Å²) in [6.07, 6.45) is 3.57. The fourth-order valence-corrected chi connectivity index (χ4v) is 3.34. The largest absolute Gasteiger partial charge is 0.378 e. The minimum atomic E-state index is -0.235. The van der Waals surface area contributed by atoms with Crippen LogP contribution in [0, 0.1) is 5.82 Å². The zero-order valence-electron chi connectivity index (χ0n) is 13.2. The predicted molar refractivity (Wildman–Crippen MR) is 89.2 cm³/mol. The predicted octanol–water partition coefficient (Wildman–Crippen LogP) is 2.68. The van der Waals surface area contributed by atoms with Gasteiger partial charge in [0, 0.05) is 25.6 Å². The molecule has 6 heteroatoms. The first-order valence-electron chi connectivity index (χ1n) is 8.10. The molecule has 4 nitrogen and oxygen atoms in total. The van der Waals surface area contributed by atoms with Gasteiger partial charge in [0.15, 0.2) is 0 Å². The monoisotopic (exact) mass is 342 g/mol. The van der Waals surface area contributed by atoms with Gasteiger partial charge in [0.2, 0.25) is 5.91 Å². The molecule has 2 unspecified atom stereocenters. The molecule has 0 bridgehead atoms. The van der Waals surface area contributed by atoms with Gasteiger partial charge in [-0.05, 0) is 37.0 Å². The highest BCUT2D eigenvalue weighted by molar-refractivity contribution is 5.85. The Kier molecular flexibility index (Phi) is 6.81. The van der Waals surface area contributed by atoms with Crippen LogP contribution < -0.4 is 5.32 Å². The number of piperidine rings is 1. The van der Waals surface area contributed by atoms with Crippen LogP contribution >= 0.6 is 12.4 Å². The molecule has 128 valence electrons. The summed E-state index contributed by atoms with van der Waals surface area (Å²) >= 11 is 0. The van der Waals surface area contributed by atoms with Crippen LogP contribution in [0.5, 0.6) is 0 Å². The summed E-state index contributed by atoms with van der Waals surface area (Å²) in [7, 11) is 0. The van der Waals surface area contributed by atoms with Crippen molar-refractivity contribution in [2.24, 2.45) is 0 Å². The molecule has 23 heavy (non-hydrogen) atoms. The lowest BCUT2D eigenvalue weighted by Gasteiger charge is -2.37. The molecule has 1 amide bonds. The number of ether oxygens (including phenoxy) is 1. The number of rotatable bonds is 3. The number of carbonyl (C=O) groups excluding carboxylic acids is 1. The van der Waals surface area contributed by atoms with Gasteiger partial charge in [-0.25, -0.2) is 4.39 Å². The van der Waals surface area contributed by atoms with Gasteiger partial charge in [0.05, 0.1) is 19.3 Å². The summed E-state index contributed by atoms with van der Waals surface area (Å²) in [6, 6.07) is 6.73. The first kappa shape index (κ1) is 18.2. The molecule has 0 aliphatic carbocycles. The van der Waals surface area contributed by atoms with Crippen LogP contribution in [0.2, 0.25) is 0 Å². The Labute approximate surface area is 142 Å². The third kappa shape index (κ3) is 4.66. The lowest BCUT2D eigenvalue weighted by molar-refractivity contribution is -0.136. The second-order valence-corrected chi connectivity index (χ2v) is 6.08. The van der Waals surface area contributed by atoms with Gasteiger partial charge < -0.3 is 15.0 Å². The van der Waals surface area contributed by atoms with Crippen LogP contribution in [0.3, 0.4) is 0 Å². The van der Waals surface area contributed by atoms with Gasteiger partial charge >= 0.3 is 0 Å². The average molecular weight is 343 g/mol. The normalized spacial score (nSPS) is 24.8. The molecule has 2 fully saturated rings. The highest BCUT2D eigenvalue weighted by Crippen LogP contribution is 2.31. The fourth-order valence-electron chi connectivity index (χ4n) is 3.34. The van der Waals surface area contributed by atoms with Gasteiger partial charge in [-0.2, -0.15) is 0 Å². The fraction of sp³-hybridized carbons (Fsp3) is 0.588. The number of hydrogen-bond donors (Lipinski definition) is 1. The third-order valence-electron chi connectivity index (χ3n) is 4.50. The maximum Gasteiger partial charge on any atom is 0.224 e. The maximum atomic E-state index is 13.1. The van der Waals surface area contributed by atoms with Crippen molar-refractivity contribution in [2.45, 2.75) is 37.8 Å². The van der Waals surface area contributed by atoms with Gasteiger partial charge in [0.25, 0.3) is 0 Å². The van der Waals surface area contributed by atoms with E-state index in [0.717, 1.165) is 37.9 Å². The van der Waals surface area contributed by atoms with Gasteiger partial charge in [-0.1, -0.05) is 12.1 Å². The van der Waals surface area contributed by atoms with Crippen molar-refractivity contribution in [1.82, 2.24) is 10.2 Å². The third-order valence-corrected chi connectivity index (χ3v) is 4.50. The van der Waals surface area contributed by atoms with E-state index in [4.69, 9.17) is 4.74 Å². The second kappa shape index (κ2) is 8.62. The molecular formula is C17H24ClFN2O2. The minimum Gasteiger partial charge on any atom is -0.378 e. The molecule has 2 aliphatic rings. The van der Waals surface area contributed by atoms with Crippen molar-refractivity contribution < 1.29 is 13.9 Å². The Morgan fingerprint density at radius 1 is 1.30 bits per heavy atom. The van der Waals surface area contributed by atoms with E-state index in [1.54, 1.807) is 12.1 Å². The molecule has 1 aromatic carbocycles. The lowest BCUT2D eigenvalue weighted by atomic mass is 9.94. The quantitative estimate of drug-likeness (QED) is 0.918. The lowest BCUT2D eigenvalue weighted by Crippen LogP contribution is -2.46. The Hall–Kier alpha value is -1.17. The molecule has 1 aromatic rings. The van der Waals surface area contributed by atoms with E-state index in [9.17, 15) is 9.18 Å². The zero-order chi connectivity index (χ0) is 15.4. The smallest absolute Gasteiger partial charge is 0.224 e. The maximum absolute atomic E-state index is 13.1. The number of nitrogens with one attached hydrogen (secondary N) is 1. The van der Waals surface area contributed by atoms with Crippen LogP contribution in [0.15, 0.2) is 24.3 Å². The molecule has 2 heterocycles. The van der Waals surface area contributed by atoms with Crippen molar-refractivity contribution in [3.8, 4) is 0 Å². The number of halogens is 2. The Balaban J connectivity index is 0.00000192. The number of hydrogen-bond acceptors (Lipinski definition) is 3. The highest BCUT2D eigenvalue weighted by Gasteiger charge is 2.29. The van der Waals surface area contributed by atoms with E-state index in [-0.39, 0.29) is 36.2 Å². The Morgan fingerprint density at radius 3 is 2.78 bits per heavy atom. The molecular weight excluding hydrogens is 319 g/mol. The van der Waals surface area contributed by atoms with Crippen molar-refractivity contribution in [2.75, 3.05) is 26.3 Å². The molecule has 2 atom stereocenters. The molecule has 0 aromatic heterocycles. The Bertz CT molecular complexity index is 506. The topological polar surface area (TPSA) is 41.6 Å². The van der Waals surface area contributed by atoms with Crippen molar-refractivity contribution >= 4 is 18.3 Å². The number of benzene rings is 1. The highest BCUT2D eigenvalue weighted by atomic mass is 35.5. The first-order valence-corrected chi connectivity index (χ1v) is 8.10. The number of amides is 1. The SMILES string of the molecule is Cl.O=C(CC1COCCN1)N1CCCCC1c1ccc(F)cc1. The van der Waals surface area contributed by atoms with Crippen molar-refractivity contribution in [3.05, 3.63) is 35.6 Å². The van der Waals surface area contributed by atoms with Crippen LogP contribution in [0.25, 0.3) is 0 Å². The summed E-state index contributed by atoms with van der Waals surface area (Å²) in [4.78, 5) is 14.6. The number of carbonyl (C=O) groups is 1. The van der Waals surface area contributed by atoms with E-state index in [0.29, 0.717) is 19.6 Å². The van der Waals surface area contributed by atoms with Gasteiger partial charge in [-0.15, -0.1) is 12.4 Å². The second-order valence-electron chi connectivity index (χ2n) is 6.08. The van der Waals surface area contributed by atoms with Gasteiger partial charge in [-0.3, -0.25) is 4.79 Å². The zero-order valence-corrected chi connectivity index (χ0v) is 14.0. The van der Waals surface area contributed by atoms with Crippen LogP contribution in [0.4, 0.5) is 4.39 Å². The van der Waals surface area contributed by atoms with Gasteiger partial charge in [0.1, 0.15) is 5.82 Å². The van der Waals surface area contributed by atoms with E-state index in [1.165, 1.54) is 12.1 Å².